The van der Waals surface area contributed by atoms with Gasteiger partial charge >= 0.3 is 0 Å². The average Bonchev–Trinajstić information content (AvgIpc) is 3.41. The van der Waals surface area contributed by atoms with E-state index >= 15 is 0 Å². The third-order valence-corrected chi connectivity index (χ3v) is 7.36. The Morgan fingerprint density at radius 3 is 2.67 bits per heavy atom. The molecule has 1 aromatic heterocycles. The van der Waals surface area contributed by atoms with Crippen LogP contribution in [0.1, 0.15) is 12.8 Å². The van der Waals surface area contributed by atoms with Crippen molar-refractivity contribution in [3.8, 4) is 0 Å². The van der Waals surface area contributed by atoms with Crippen molar-refractivity contribution in [2.75, 3.05) is 30.9 Å². The van der Waals surface area contributed by atoms with Gasteiger partial charge in [0.15, 0.2) is 5.82 Å². The second-order valence-electron chi connectivity index (χ2n) is 7.34. The molecule has 0 radical (unpaired) electrons. The number of fused-ring (bicyclic) bond motifs is 1. The summed E-state index contributed by atoms with van der Waals surface area (Å²) in [7, 11) is -1.70. The first-order chi connectivity index (χ1) is 14.4. The van der Waals surface area contributed by atoms with Gasteiger partial charge in [0.1, 0.15) is 17.2 Å². The molecule has 0 bridgehead atoms. The molecule has 5 N–H and O–H groups in total. The molecule has 1 saturated carbocycles. The van der Waals surface area contributed by atoms with Gasteiger partial charge < -0.3 is 25.8 Å². The maximum absolute atomic E-state index is 12.2. The van der Waals surface area contributed by atoms with Crippen LogP contribution in [0.25, 0.3) is 0 Å². The number of ether oxygens (including phenoxy) is 2. The quantitative estimate of drug-likeness (QED) is 0.397. The minimum atomic E-state index is -3.32. The molecule has 30 heavy (non-hydrogen) atoms. The summed E-state index contributed by atoms with van der Waals surface area (Å²) >= 11 is 6.25. The van der Waals surface area contributed by atoms with E-state index in [0.29, 0.717) is 36.0 Å². The molecule has 3 aliphatic rings. The zero-order valence-corrected chi connectivity index (χ0v) is 17.9. The highest BCUT2D eigenvalue weighted by Crippen LogP contribution is 2.33. The van der Waals surface area contributed by atoms with E-state index in [1.54, 1.807) is 7.05 Å². The summed E-state index contributed by atoms with van der Waals surface area (Å²) in [6.07, 6.45) is 5.06. The Morgan fingerprint density at radius 2 is 2.00 bits per heavy atom. The number of nitrogens with two attached hydrogens (primary N) is 1. The first kappa shape index (κ1) is 21.2. The van der Waals surface area contributed by atoms with Crippen LogP contribution in [0, 0.1) is 0 Å². The van der Waals surface area contributed by atoms with Crippen molar-refractivity contribution in [3.05, 3.63) is 23.1 Å². The van der Waals surface area contributed by atoms with E-state index in [9.17, 15) is 8.42 Å². The molecule has 3 fully saturated rings. The van der Waals surface area contributed by atoms with E-state index in [4.69, 9.17) is 26.8 Å². The lowest BCUT2D eigenvalue weighted by Gasteiger charge is -2.19. The number of aromatic nitrogens is 2. The molecule has 0 aromatic carbocycles. The van der Waals surface area contributed by atoms with E-state index in [-0.39, 0.29) is 36.1 Å². The number of nitrogens with zero attached hydrogens (tertiary/aromatic N) is 3. The molecule has 4 rings (SSSR count). The van der Waals surface area contributed by atoms with Gasteiger partial charge in [-0.1, -0.05) is 11.6 Å². The van der Waals surface area contributed by atoms with Crippen molar-refractivity contribution in [1.82, 2.24) is 14.7 Å². The molecule has 4 atom stereocenters. The van der Waals surface area contributed by atoms with Crippen LogP contribution in [-0.2, 0) is 19.5 Å². The van der Waals surface area contributed by atoms with E-state index in [2.05, 4.69) is 30.3 Å². The molecule has 1 aromatic rings. The normalized spacial score (nSPS) is 29.3. The first-order valence-corrected chi connectivity index (χ1v) is 11.5. The summed E-state index contributed by atoms with van der Waals surface area (Å²) in [6.45, 7) is 0.585. The molecule has 2 saturated heterocycles. The third kappa shape index (κ3) is 4.52. The fourth-order valence-electron chi connectivity index (χ4n) is 3.50. The second kappa shape index (κ2) is 8.63. The lowest BCUT2D eigenvalue weighted by atomic mass is 10.1. The van der Waals surface area contributed by atoms with E-state index in [0.717, 1.165) is 0 Å². The van der Waals surface area contributed by atoms with Gasteiger partial charge in [-0.25, -0.2) is 18.1 Å². The highest BCUT2D eigenvalue weighted by Gasteiger charge is 2.50. The smallest absolute Gasteiger partial charge is 0.229 e. The molecular weight excluding hydrogens is 434 g/mol. The Balaban J connectivity index is 1.42. The summed E-state index contributed by atoms with van der Waals surface area (Å²) < 4.78 is 38.9. The number of halogens is 1. The second-order valence-corrected chi connectivity index (χ2v) is 9.74. The molecule has 13 heteroatoms. The number of hydrogen-bond acceptors (Lipinski definition) is 10. The number of sulfonamides is 1. The number of nitrogens with one attached hydrogen (secondary N) is 3. The molecule has 4 unspecified atom stereocenters. The molecular formula is C17H24ClN7O4S. The van der Waals surface area contributed by atoms with Gasteiger partial charge in [-0.3, -0.25) is 4.99 Å². The van der Waals surface area contributed by atoms with Crippen molar-refractivity contribution in [3.63, 3.8) is 0 Å². The fraction of sp³-hybridized carbons (Fsp3) is 0.588. The van der Waals surface area contributed by atoms with Crippen molar-refractivity contribution in [2.24, 2.45) is 10.7 Å². The average molecular weight is 458 g/mol. The molecule has 0 spiro atoms. The zero-order valence-electron chi connectivity index (χ0n) is 16.3. The van der Waals surface area contributed by atoms with Crippen LogP contribution in [-0.4, -0.2) is 74.4 Å². The lowest BCUT2D eigenvalue weighted by Crippen LogP contribution is -2.45. The van der Waals surface area contributed by atoms with Crippen molar-refractivity contribution in [1.29, 1.82) is 0 Å². The topological polar surface area (TPSA) is 153 Å². The summed E-state index contributed by atoms with van der Waals surface area (Å²) in [5, 5.41) is 6.21. The predicted molar refractivity (Wildman–Crippen MR) is 113 cm³/mol. The Hall–Kier alpha value is -1.99. The van der Waals surface area contributed by atoms with E-state index in [1.165, 1.54) is 18.6 Å². The highest BCUT2D eigenvalue weighted by molar-refractivity contribution is 7.90. The number of rotatable bonds is 8. The van der Waals surface area contributed by atoms with E-state index < -0.39 is 16.1 Å². The minimum absolute atomic E-state index is 0.243. The van der Waals surface area contributed by atoms with Gasteiger partial charge in [-0.05, 0) is 12.8 Å². The SMILES string of the molecule is CN=CC(=CN)Nc1ncc(Cl)c(NC2COC3C(NS(=O)(=O)C4CC4)COC23)n1. The van der Waals surface area contributed by atoms with Crippen molar-refractivity contribution in [2.45, 2.75) is 42.4 Å². The monoisotopic (exact) mass is 457 g/mol. The van der Waals surface area contributed by atoms with Gasteiger partial charge in [-0.15, -0.1) is 0 Å². The van der Waals surface area contributed by atoms with Gasteiger partial charge in [0.25, 0.3) is 0 Å². The maximum atomic E-state index is 12.2. The molecule has 164 valence electrons. The van der Waals surface area contributed by atoms with Crippen LogP contribution >= 0.6 is 11.6 Å². The van der Waals surface area contributed by atoms with Crippen LogP contribution in [0.5, 0.6) is 0 Å². The van der Waals surface area contributed by atoms with Crippen LogP contribution in [0.3, 0.4) is 0 Å². The van der Waals surface area contributed by atoms with Gasteiger partial charge in [0.05, 0.1) is 42.4 Å². The minimum Gasteiger partial charge on any atom is -0.403 e. The van der Waals surface area contributed by atoms with Gasteiger partial charge in [-0.2, -0.15) is 4.98 Å². The Labute approximate surface area is 179 Å². The van der Waals surface area contributed by atoms with Gasteiger partial charge in [0, 0.05) is 19.5 Å². The Kier molecular flexibility index (Phi) is 6.11. The molecule has 0 amide bonds. The number of allylic oxidation sites excluding steroid dienone is 1. The summed E-state index contributed by atoms with van der Waals surface area (Å²) in [4.78, 5) is 12.4. The highest BCUT2D eigenvalue weighted by atomic mass is 35.5. The zero-order chi connectivity index (χ0) is 21.3. The first-order valence-electron chi connectivity index (χ1n) is 9.56. The summed E-state index contributed by atoms with van der Waals surface area (Å²) in [5.74, 6) is 0.690. The molecule has 11 nitrogen and oxygen atoms in total. The summed E-state index contributed by atoms with van der Waals surface area (Å²) in [6, 6.07) is -0.650. The molecule has 1 aliphatic carbocycles. The number of anilines is 2. The molecule has 3 heterocycles. The van der Waals surface area contributed by atoms with Crippen LogP contribution in [0.2, 0.25) is 5.02 Å². The van der Waals surface area contributed by atoms with Crippen LogP contribution in [0.15, 0.2) is 23.1 Å². The standard InChI is InChI=1S/C17H24ClN7O4S/c1-20-5-9(4-19)22-17-21-6-11(18)16(24-17)23-12-7-28-15-13(8-29-14(12)15)25-30(26,27)10-2-3-10/h4-6,10,12-15,25H,2-3,7-8,19H2,1H3,(H2,21,22,23,24). The fourth-order valence-corrected chi connectivity index (χ4v) is 5.22. The van der Waals surface area contributed by atoms with Gasteiger partial charge in [0.2, 0.25) is 16.0 Å². The number of hydrogen-bond donors (Lipinski definition) is 4. The van der Waals surface area contributed by atoms with Crippen molar-refractivity contribution >= 4 is 39.6 Å². The summed E-state index contributed by atoms with van der Waals surface area (Å²) in [5.41, 5.74) is 6.08. The third-order valence-electron chi connectivity index (χ3n) is 5.10. The number of aliphatic imine (C=N–C) groups is 1. The molecule has 2 aliphatic heterocycles. The van der Waals surface area contributed by atoms with E-state index in [1.807, 2.05) is 0 Å². The predicted octanol–water partition coefficient (Wildman–Crippen LogP) is 0.0711. The largest absolute Gasteiger partial charge is 0.403 e. The lowest BCUT2D eigenvalue weighted by molar-refractivity contribution is 0.0690. The van der Waals surface area contributed by atoms with Crippen LogP contribution < -0.4 is 21.1 Å². The van der Waals surface area contributed by atoms with Crippen molar-refractivity contribution < 1.29 is 17.9 Å². The van der Waals surface area contributed by atoms with Crippen LogP contribution in [0.4, 0.5) is 11.8 Å². The Morgan fingerprint density at radius 1 is 1.30 bits per heavy atom. The maximum Gasteiger partial charge on any atom is 0.229 e. The Bertz CT molecular complexity index is 953.